The lowest BCUT2D eigenvalue weighted by Crippen LogP contribution is -2.19. The molecule has 0 spiro atoms. The van der Waals surface area contributed by atoms with E-state index in [1.54, 1.807) is 12.4 Å². The van der Waals surface area contributed by atoms with E-state index < -0.39 is 0 Å². The van der Waals surface area contributed by atoms with Crippen LogP contribution < -0.4 is 10.1 Å². The van der Waals surface area contributed by atoms with Gasteiger partial charge in [0, 0.05) is 40.7 Å². The summed E-state index contributed by atoms with van der Waals surface area (Å²) in [5, 5.41) is 3.41. The van der Waals surface area contributed by atoms with Crippen LogP contribution in [0.5, 0.6) is 11.5 Å². The molecule has 5 heteroatoms. The zero-order valence-electron chi connectivity index (χ0n) is 12.6. The maximum atomic E-state index is 5.96. The molecule has 112 valence electrons. The summed E-state index contributed by atoms with van der Waals surface area (Å²) < 4.78 is 6.85. The second kappa shape index (κ2) is 7.52. The Labute approximate surface area is 134 Å². The summed E-state index contributed by atoms with van der Waals surface area (Å²) in [7, 11) is 0. The van der Waals surface area contributed by atoms with Gasteiger partial charge in [0.2, 0.25) is 0 Å². The van der Waals surface area contributed by atoms with Gasteiger partial charge in [0.05, 0.1) is 6.20 Å². The SMILES string of the molecule is Cc1cc(Oc2cncc(Br)c2)c(CNCC(C)C)cn1. The molecule has 2 rings (SSSR count). The number of nitrogens with zero attached hydrogens (tertiary/aromatic N) is 2. The number of hydrogen-bond acceptors (Lipinski definition) is 4. The Bertz CT molecular complexity index is 602. The van der Waals surface area contributed by atoms with Crippen molar-refractivity contribution in [3.63, 3.8) is 0 Å². The zero-order chi connectivity index (χ0) is 15.2. The van der Waals surface area contributed by atoms with Crippen molar-refractivity contribution in [3.8, 4) is 11.5 Å². The molecule has 0 aromatic carbocycles. The molecule has 4 nitrogen and oxygen atoms in total. The quantitative estimate of drug-likeness (QED) is 0.853. The van der Waals surface area contributed by atoms with E-state index in [9.17, 15) is 0 Å². The fourth-order valence-electron chi connectivity index (χ4n) is 1.86. The van der Waals surface area contributed by atoms with Gasteiger partial charge in [-0.05, 0) is 41.4 Å². The summed E-state index contributed by atoms with van der Waals surface area (Å²) in [6.07, 6.45) is 5.30. The topological polar surface area (TPSA) is 47.0 Å². The molecule has 0 saturated heterocycles. The van der Waals surface area contributed by atoms with E-state index in [-0.39, 0.29) is 0 Å². The van der Waals surface area contributed by atoms with Gasteiger partial charge in [-0.3, -0.25) is 9.97 Å². The van der Waals surface area contributed by atoms with Gasteiger partial charge in [0.25, 0.3) is 0 Å². The van der Waals surface area contributed by atoms with Crippen molar-refractivity contribution >= 4 is 15.9 Å². The number of nitrogens with one attached hydrogen (secondary N) is 1. The summed E-state index contributed by atoms with van der Waals surface area (Å²) in [6, 6.07) is 3.85. The van der Waals surface area contributed by atoms with Crippen LogP contribution in [-0.4, -0.2) is 16.5 Å². The number of pyridine rings is 2. The molecule has 0 aliphatic carbocycles. The average molecular weight is 350 g/mol. The molecular formula is C16H20BrN3O. The molecule has 21 heavy (non-hydrogen) atoms. The Morgan fingerprint density at radius 2 is 2.05 bits per heavy atom. The van der Waals surface area contributed by atoms with Crippen LogP contribution >= 0.6 is 15.9 Å². The highest BCUT2D eigenvalue weighted by molar-refractivity contribution is 9.10. The molecule has 0 radical (unpaired) electrons. The van der Waals surface area contributed by atoms with Crippen LogP contribution in [0.1, 0.15) is 25.1 Å². The minimum Gasteiger partial charge on any atom is -0.455 e. The van der Waals surface area contributed by atoms with Crippen molar-refractivity contribution in [2.45, 2.75) is 27.3 Å². The van der Waals surface area contributed by atoms with Crippen LogP contribution in [0.25, 0.3) is 0 Å². The summed E-state index contributed by atoms with van der Waals surface area (Å²) in [5.41, 5.74) is 1.97. The lowest BCUT2D eigenvalue weighted by molar-refractivity contribution is 0.465. The van der Waals surface area contributed by atoms with Gasteiger partial charge >= 0.3 is 0 Å². The van der Waals surface area contributed by atoms with Gasteiger partial charge in [-0.2, -0.15) is 0 Å². The highest BCUT2D eigenvalue weighted by atomic mass is 79.9. The number of ether oxygens (including phenoxy) is 1. The molecular weight excluding hydrogens is 330 g/mol. The van der Waals surface area contributed by atoms with E-state index in [2.05, 4.69) is 45.1 Å². The molecule has 2 aromatic heterocycles. The van der Waals surface area contributed by atoms with Gasteiger partial charge in [0.15, 0.2) is 0 Å². The number of aryl methyl sites for hydroxylation is 1. The minimum absolute atomic E-state index is 0.613. The third kappa shape index (κ3) is 5.10. The lowest BCUT2D eigenvalue weighted by Gasteiger charge is -2.13. The van der Waals surface area contributed by atoms with Crippen LogP contribution in [0.4, 0.5) is 0 Å². The largest absolute Gasteiger partial charge is 0.455 e. The standard InChI is InChI=1S/C16H20BrN3O/c1-11(2)6-18-7-13-8-20-12(3)4-16(13)21-15-5-14(17)9-19-10-15/h4-5,8-11,18H,6-7H2,1-3H3. The van der Waals surface area contributed by atoms with Crippen LogP contribution in [0.15, 0.2) is 35.2 Å². The fourth-order valence-corrected chi connectivity index (χ4v) is 2.21. The van der Waals surface area contributed by atoms with Crippen molar-refractivity contribution in [2.24, 2.45) is 5.92 Å². The average Bonchev–Trinajstić information content (AvgIpc) is 2.41. The molecule has 0 amide bonds. The van der Waals surface area contributed by atoms with Crippen molar-refractivity contribution in [2.75, 3.05) is 6.54 Å². The molecule has 2 heterocycles. The van der Waals surface area contributed by atoms with E-state index in [0.29, 0.717) is 11.7 Å². The summed E-state index contributed by atoms with van der Waals surface area (Å²) in [6.45, 7) is 8.03. The van der Waals surface area contributed by atoms with E-state index in [4.69, 9.17) is 4.74 Å². The van der Waals surface area contributed by atoms with Gasteiger partial charge < -0.3 is 10.1 Å². The van der Waals surface area contributed by atoms with E-state index >= 15 is 0 Å². The van der Waals surface area contributed by atoms with Crippen molar-refractivity contribution in [1.82, 2.24) is 15.3 Å². The second-order valence-electron chi connectivity index (χ2n) is 5.40. The third-order valence-corrected chi connectivity index (χ3v) is 3.29. The van der Waals surface area contributed by atoms with Crippen molar-refractivity contribution in [1.29, 1.82) is 0 Å². The maximum absolute atomic E-state index is 5.96. The number of hydrogen-bond donors (Lipinski definition) is 1. The lowest BCUT2D eigenvalue weighted by atomic mass is 10.2. The Kier molecular flexibility index (Phi) is 5.70. The van der Waals surface area contributed by atoms with Crippen LogP contribution in [0, 0.1) is 12.8 Å². The molecule has 0 saturated carbocycles. The summed E-state index contributed by atoms with van der Waals surface area (Å²) in [5.74, 6) is 2.14. The highest BCUT2D eigenvalue weighted by Crippen LogP contribution is 2.26. The van der Waals surface area contributed by atoms with Crippen LogP contribution in [0.2, 0.25) is 0 Å². The van der Waals surface area contributed by atoms with Crippen molar-refractivity contribution < 1.29 is 4.74 Å². The first-order valence-electron chi connectivity index (χ1n) is 6.99. The summed E-state index contributed by atoms with van der Waals surface area (Å²) >= 11 is 3.40. The second-order valence-corrected chi connectivity index (χ2v) is 6.31. The molecule has 0 atom stereocenters. The third-order valence-electron chi connectivity index (χ3n) is 2.86. The van der Waals surface area contributed by atoms with Gasteiger partial charge in [-0.15, -0.1) is 0 Å². The molecule has 2 aromatic rings. The highest BCUT2D eigenvalue weighted by Gasteiger charge is 2.07. The normalized spacial score (nSPS) is 10.9. The monoisotopic (exact) mass is 349 g/mol. The first kappa shape index (κ1) is 15.9. The zero-order valence-corrected chi connectivity index (χ0v) is 14.1. The number of halogens is 1. The Morgan fingerprint density at radius 3 is 2.76 bits per heavy atom. The van der Waals surface area contributed by atoms with Gasteiger partial charge in [-0.25, -0.2) is 0 Å². The number of rotatable bonds is 6. The Morgan fingerprint density at radius 1 is 1.24 bits per heavy atom. The minimum atomic E-state index is 0.613. The first-order chi connectivity index (χ1) is 10.0. The predicted octanol–water partition coefficient (Wildman–Crippen LogP) is 4.09. The van der Waals surface area contributed by atoms with Crippen LogP contribution in [-0.2, 0) is 6.54 Å². The van der Waals surface area contributed by atoms with Crippen LogP contribution in [0.3, 0.4) is 0 Å². The summed E-state index contributed by atoms with van der Waals surface area (Å²) in [4.78, 5) is 8.47. The molecule has 0 unspecified atom stereocenters. The van der Waals surface area contributed by atoms with E-state index in [1.165, 1.54) is 0 Å². The molecule has 0 bridgehead atoms. The van der Waals surface area contributed by atoms with Gasteiger partial charge in [0.1, 0.15) is 11.5 Å². The first-order valence-corrected chi connectivity index (χ1v) is 7.78. The van der Waals surface area contributed by atoms with E-state index in [0.717, 1.165) is 34.6 Å². The Balaban J connectivity index is 2.15. The van der Waals surface area contributed by atoms with Crippen molar-refractivity contribution in [3.05, 3.63) is 46.5 Å². The molecule has 0 aliphatic rings. The van der Waals surface area contributed by atoms with Gasteiger partial charge in [-0.1, -0.05) is 13.8 Å². The Hall–Kier alpha value is -1.46. The maximum Gasteiger partial charge on any atom is 0.146 e. The molecule has 0 fully saturated rings. The number of aromatic nitrogens is 2. The smallest absolute Gasteiger partial charge is 0.146 e. The van der Waals surface area contributed by atoms with E-state index in [1.807, 2.05) is 25.3 Å². The fraction of sp³-hybridized carbons (Fsp3) is 0.375. The predicted molar refractivity (Wildman–Crippen MR) is 87.5 cm³/mol. The molecule has 1 N–H and O–H groups in total. The molecule has 0 aliphatic heterocycles.